The number of halogens is 1. The van der Waals surface area contributed by atoms with Crippen LogP contribution in [0.25, 0.3) is 16.3 Å². The molecule has 0 aliphatic carbocycles. The quantitative estimate of drug-likeness (QED) is 0.787. The first-order valence-electron chi connectivity index (χ1n) is 5.11. The molecule has 0 amide bonds. The molecule has 0 fully saturated rings. The number of nitrogen functional groups attached to an aromatic ring is 1. The van der Waals surface area contributed by atoms with Gasteiger partial charge >= 0.3 is 0 Å². The van der Waals surface area contributed by atoms with Gasteiger partial charge in [-0.2, -0.15) is 5.10 Å². The summed E-state index contributed by atoms with van der Waals surface area (Å²) >= 11 is 4.83. The third kappa shape index (κ3) is 2.02. The average Bonchev–Trinajstić information content (AvgIpc) is 2.97. The molecule has 7 heteroatoms. The fourth-order valence-electron chi connectivity index (χ4n) is 1.62. The van der Waals surface area contributed by atoms with Crippen molar-refractivity contribution in [3.63, 3.8) is 0 Å². The van der Waals surface area contributed by atoms with Crippen molar-refractivity contribution in [3.05, 3.63) is 41.4 Å². The van der Waals surface area contributed by atoms with Crippen LogP contribution < -0.4 is 5.73 Å². The molecule has 0 bridgehead atoms. The summed E-state index contributed by atoms with van der Waals surface area (Å²) < 4.78 is 2.67. The van der Waals surface area contributed by atoms with Gasteiger partial charge in [-0.15, -0.1) is 0 Å². The Morgan fingerprint density at radius 3 is 2.94 bits per heavy atom. The van der Waals surface area contributed by atoms with Gasteiger partial charge in [-0.3, -0.25) is 0 Å². The predicted molar refractivity (Wildman–Crippen MR) is 74.6 cm³/mol. The first kappa shape index (κ1) is 11.4. The largest absolute Gasteiger partial charge is 0.375 e. The van der Waals surface area contributed by atoms with E-state index in [0.717, 1.165) is 20.7 Å². The molecule has 5 nitrogen and oxygen atoms in total. The zero-order valence-corrected chi connectivity index (χ0v) is 11.5. The highest BCUT2D eigenvalue weighted by Crippen LogP contribution is 2.33. The molecule has 0 aliphatic heterocycles. The fraction of sp³-hybridized carbons (Fsp3) is 0. The minimum absolute atomic E-state index is 0.510. The van der Waals surface area contributed by atoms with Crippen LogP contribution in [0.1, 0.15) is 0 Å². The van der Waals surface area contributed by atoms with E-state index in [0.29, 0.717) is 5.13 Å². The van der Waals surface area contributed by atoms with Crippen LogP contribution in [-0.2, 0) is 0 Å². The van der Waals surface area contributed by atoms with Crippen molar-refractivity contribution in [2.24, 2.45) is 0 Å². The second kappa shape index (κ2) is 4.51. The molecule has 0 radical (unpaired) electrons. The molecular weight excluding hydrogens is 314 g/mol. The Labute approximate surface area is 115 Å². The normalized spacial score (nSPS) is 10.7. The Bertz CT molecular complexity index is 677. The lowest BCUT2D eigenvalue weighted by Crippen LogP contribution is -1.93. The van der Waals surface area contributed by atoms with E-state index >= 15 is 0 Å². The number of nitrogens with zero attached hydrogens (tertiary/aromatic N) is 4. The van der Waals surface area contributed by atoms with Crippen LogP contribution in [0.2, 0.25) is 0 Å². The standard InChI is InChI=1S/C11H8BrN5S/c12-8-3-1-2-7(4-8)9-10(18-11(13)16-9)17-6-14-5-15-17/h1-6H,(H2,13,16). The van der Waals surface area contributed by atoms with Crippen LogP contribution in [0.5, 0.6) is 0 Å². The number of benzene rings is 1. The molecule has 0 saturated heterocycles. The first-order valence-corrected chi connectivity index (χ1v) is 6.72. The summed E-state index contributed by atoms with van der Waals surface area (Å²) in [6.07, 6.45) is 3.12. The number of hydrogen-bond donors (Lipinski definition) is 1. The van der Waals surface area contributed by atoms with Crippen molar-refractivity contribution < 1.29 is 0 Å². The Morgan fingerprint density at radius 1 is 1.33 bits per heavy atom. The number of thiazole rings is 1. The minimum atomic E-state index is 0.510. The minimum Gasteiger partial charge on any atom is -0.375 e. The SMILES string of the molecule is Nc1nc(-c2cccc(Br)c2)c(-n2cncn2)s1. The number of hydrogen-bond acceptors (Lipinski definition) is 5. The van der Waals surface area contributed by atoms with Crippen molar-refractivity contribution in [1.82, 2.24) is 19.7 Å². The van der Waals surface area contributed by atoms with Gasteiger partial charge in [0.2, 0.25) is 0 Å². The summed E-state index contributed by atoms with van der Waals surface area (Å²) in [6, 6.07) is 7.91. The highest BCUT2D eigenvalue weighted by atomic mass is 79.9. The molecule has 18 heavy (non-hydrogen) atoms. The van der Waals surface area contributed by atoms with Gasteiger partial charge in [0, 0.05) is 10.0 Å². The van der Waals surface area contributed by atoms with Gasteiger partial charge in [-0.25, -0.2) is 14.6 Å². The predicted octanol–water partition coefficient (Wildman–Crippen LogP) is 2.74. The number of aromatic nitrogens is 4. The number of nitrogens with two attached hydrogens (primary N) is 1. The van der Waals surface area contributed by atoms with E-state index < -0.39 is 0 Å². The molecule has 2 heterocycles. The number of rotatable bonds is 2. The summed E-state index contributed by atoms with van der Waals surface area (Å²) in [5.74, 6) is 0. The summed E-state index contributed by atoms with van der Waals surface area (Å²) in [5, 5.41) is 5.49. The van der Waals surface area contributed by atoms with Crippen LogP contribution in [0, 0.1) is 0 Å². The van der Waals surface area contributed by atoms with E-state index in [1.54, 1.807) is 11.0 Å². The fourth-order valence-corrected chi connectivity index (χ4v) is 2.80. The van der Waals surface area contributed by atoms with E-state index in [2.05, 4.69) is 31.0 Å². The summed E-state index contributed by atoms with van der Waals surface area (Å²) in [4.78, 5) is 8.31. The highest BCUT2D eigenvalue weighted by Gasteiger charge is 2.14. The van der Waals surface area contributed by atoms with Crippen LogP contribution in [-0.4, -0.2) is 19.7 Å². The molecule has 2 aromatic heterocycles. The smallest absolute Gasteiger partial charge is 0.182 e. The van der Waals surface area contributed by atoms with E-state index in [1.807, 2.05) is 24.3 Å². The van der Waals surface area contributed by atoms with Gasteiger partial charge in [0.15, 0.2) is 5.13 Å². The maximum absolute atomic E-state index is 5.80. The summed E-state index contributed by atoms with van der Waals surface area (Å²) in [7, 11) is 0. The van der Waals surface area contributed by atoms with E-state index in [9.17, 15) is 0 Å². The monoisotopic (exact) mass is 321 g/mol. The van der Waals surface area contributed by atoms with Gasteiger partial charge in [-0.05, 0) is 12.1 Å². The Kier molecular flexibility index (Phi) is 2.85. The van der Waals surface area contributed by atoms with E-state index in [-0.39, 0.29) is 0 Å². The van der Waals surface area contributed by atoms with Gasteiger partial charge in [0.05, 0.1) is 0 Å². The first-order chi connectivity index (χ1) is 8.74. The van der Waals surface area contributed by atoms with Crippen molar-refractivity contribution in [2.75, 3.05) is 5.73 Å². The Balaban J connectivity index is 2.18. The zero-order chi connectivity index (χ0) is 12.5. The molecule has 3 aromatic rings. The highest BCUT2D eigenvalue weighted by molar-refractivity contribution is 9.10. The van der Waals surface area contributed by atoms with Gasteiger partial charge in [0.25, 0.3) is 0 Å². The second-order valence-corrected chi connectivity index (χ2v) is 5.48. The van der Waals surface area contributed by atoms with Gasteiger partial charge in [0.1, 0.15) is 23.3 Å². The maximum atomic E-state index is 5.80. The molecule has 0 unspecified atom stereocenters. The molecule has 3 rings (SSSR count). The van der Waals surface area contributed by atoms with E-state index in [1.165, 1.54) is 17.7 Å². The Morgan fingerprint density at radius 2 is 2.22 bits per heavy atom. The van der Waals surface area contributed by atoms with E-state index in [4.69, 9.17) is 5.73 Å². The maximum Gasteiger partial charge on any atom is 0.182 e. The summed E-state index contributed by atoms with van der Waals surface area (Å²) in [6.45, 7) is 0. The molecule has 1 aromatic carbocycles. The number of anilines is 1. The van der Waals surface area contributed by atoms with Crippen molar-refractivity contribution in [2.45, 2.75) is 0 Å². The third-order valence-corrected chi connectivity index (χ3v) is 3.72. The topological polar surface area (TPSA) is 69.6 Å². The van der Waals surface area contributed by atoms with Gasteiger partial charge < -0.3 is 5.73 Å². The molecule has 90 valence electrons. The van der Waals surface area contributed by atoms with Crippen molar-refractivity contribution in [3.8, 4) is 16.3 Å². The van der Waals surface area contributed by atoms with Crippen molar-refractivity contribution in [1.29, 1.82) is 0 Å². The average molecular weight is 322 g/mol. The molecule has 0 aliphatic rings. The molecule has 0 spiro atoms. The third-order valence-electron chi connectivity index (χ3n) is 2.35. The lowest BCUT2D eigenvalue weighted by Gasteiger charge is -2.02. The molecule has 2 N–H and O–H groups in total. The molecule has 0 atom stereocenters. The summed E-state index contributed by atoms with van der Waals surface area (Å²) in [5.41, 5.74) is 7.59. The van der Waals surface area contributed by atoms with Crippen LogP contribution in [0.15, 0.2) is 41.4 Å². The zero-order valence-electron chi connectivity index (χ0n) is 9.12. The lowest BCUT2D eigenvalue weighted by atomic mass is 10.2. The van der Waals surface area contributed by atoms with Gasteiger partial charge in [-0.1, -0.05) is 39.4 Å². The van der Waals surface area contributed by atoms with Crippen molar-refractivity contribution >= 4 is 32.4 Å². The molecular formula is C11H8BrN5S. The van der Waals surface area contributed by atoms with Crippen LogP contribution in [0.3, 0.4) is 0 Å². The molecule has 0 saturated carbocycles. The van der Waals surface area contributed by atoms with Crippen LogP contribution in [0.4, 0.5) is 5.13 Å². The lowest BCUT2D eigenvalue weighted by molar-refractivity contribution is 0.895. The Hall–Kier alpha value is -1.73. The second-order valence-electron chi connectivity index (χ2n) is 3.56. The van der Waals surface area contributed by atoms with Crippen LogP contribution >= 0.6 is 27.3 Å².